The minimum atomic E-state index is -0.416. The lowest BCUT2D eigenvalue weighted by atomic mass is 9.74. The van der Waals surface area contributed by atoms with E-state index in [0.29, 0.717) is 12.3 Å². The number of aliphatic hydroxyl groups excluding tert-OH is 1. The standard InChI is InChI=1S/C14H21BrO2S/c1-10-4-3-6-14(9-10,17-2)13(16)8-12-11(15)5-7-18-12/h5,7,10,13,16H,3-4,6,8-9H2,1-2H3. The van der Waals surface area contributed by atoms with Crippen LogP contribution in [0.25, 0.3) is 0 Å². The Hall–Kier alpha value is 0.100. The number of aliphatic hydroxyl groups is 1. The lowest BCUT2D eigenvalue weighted by Crippen LogP contribution is -2.48. The third-order valence-electron chi connectivity index (χ3n) is 4.07. The topological polar surface area (TPSA) is 29.5 Å². The highest BCUT2D eigenvalue weighted by Gasteiger charge is 2.41. The highest BCUT2D eigenvalue weighted by molar-refractivity contribution is 9.10. The molecule has 1 aromatic heterocycles. The molecule has 1 aliphatic rings. The number of halogens is 1. The van der Waals surface area contributed by atoms with Gasteiger partial charge in [0.2, 0.25) is 0 Å². The fourth-order valence-corrected chi connectivity index (χ4v) is 4.55. The molecule has 1 fully saturated rings. The van der Waals surface area contributed by atoms with Gasteiger partial charge in [0.1, 0.15) is 0 Å². The van der Waals surface area contributed by atoms with E-state index in [-0.39, 0.29) is 5.60 Å². The third-order valence-corrected chi connectivity index (χ3v) is 6.02. The summed E-state index contributed by atoms with van der Waals surface area (Å²) in [7, 11) is 1.74. The van der Waals surface area contributed by atoms with Gasteiger partial charge in [0.25, 0.3) is 0 Å². The number of rotatable bonds is 4. The molecule has 3 atom stereocenters. The zero-order valence-electron chi connectivity index (χ0n) is 11.0. The van der Waals surface area contributed by atoms with E-state index in [0.717, 1.165) is 23.7 Å². The fraction of sp³-hybridized carbons (Fsp3) is 0.714. The monoisotopic (exact) mass is 332 g/mol. The van der Waals surface area contributed by atoms with Crippen molar-refractivity contribution < 1.29 is 9.84 Å². The molecule has 0 spiro atoms. The summed E-state index contributed by atoms with van der Waals surface area (Å²) >= 11 is 5.22. The average Bonchev–Trinajstić information content (AvgIpc) is 2.75. The van der Waals surface area contributed by atoms with Crippen LogP contribution < -0.4 is 0 Å². The van der Waals surface area contributed by atoms with Crippen molar-refractivity contribution in [2.45, 2.75) is 50.7 Å². The molecule has 0 aliphatic heterocycles. The van der Waals surface area contributed by atoms with Crippen molar-refractivity contribution in [1.82, 2.24) is 0 Å². The van der Waals surface area contributed by atoms with Crippen molar-refractivity contribution in [2.75, 3.05) is 7.11 Å². The van der Waals surface area contributed by atoms with Crippen LogP contribution in [0.15, 0.2) is 15.9 Å². The second-order valence-corrected chi connectivity index (χ2v) is 7.24. The van der Waals surface area contributed by atoms with E-state index in [2.05, 4.69) is 28.2 Å². The molecule has 1 N–H and O–H groups in total. The Morgan fingerprint density at radius 3 is 3.00 bits per heavy atom. The van der Waals surface area contributed by atoms with Crippen LogP contribution in [-0.2, 0) is 11.2 Å². The van der Waals surface area contributed by atoms with E-state index in [4.69, 9.17) is 4.74 Å². The molecule has 2 nitrogen and oxygen atoms in total. The van der Waals surface area contributed by atoms with Gasteiger partial charge in [-0.15, -0.1) is 11.3 Å². The largest absolute Gasteiger partial charge is 0.390 e. The number of thiophene rings is 1. The lowest BCUT2D eigenvalue weighted by Gasteiger charge is -2.42. The van der Waals surface area contributed by atoms with Gasteiger partial charge < -0.3 is 9.84 Å². The molecule has 1 heterocycles. The maximum atomic E-state index is 10.6. The lowest BCUT2D eigenvalue weighted by molar-refractivity contribution is -0.130. The zero-order valence-corrected chi connectivity index (χ0v) is 13.4. The van der Waals surface area contributed by atoms with Crippen LogP contribution in [-0.4, -0.2) is 23.9 Å². The van der Waals surface area contributed by atoms with E-state index < -0.39 is 6.10 Å². The van der Waals surface area contributed by atoms with Crippen molar-refractivity contribution in [3.63, 3.8) is 0 Å². The second-order valence-electron chi connectivity index (χ2n) is 5.38. The molecule has 0 bridgehead atoms. The minimum absolute atomic E-state index is 0.346. The predicted molar refractivity (Wildman–Crippen MR) is 79.1 cm³/mol. The normalized spacial score (nSPS) is 30.3. The first-order valence-electron chi connectivity index (χ1n) is 6.52. The Balaban J connectivity index is 2.09. The Bertz CT molecular complexity index is 393. The first-order chi connectivity index (χ1) is 8.57. The molecule has 2 rings (SSSR count). The molecule has 1 saturated carbocycles. The molecule has 0 saturated heterocycles. The molecule has 4 heteroatoms. The summed E-state index contributed by atoms with van der Waals surface area (Å²) < 4.78 is 6.84. The van der Waals surface area contributed by atoms with Gasteiger partial charge in [-0.3, -0.25) is 0 Å². The van der Waals surface area contributed by atoms with Crippen LogP contribution in [0.5, 0.6) is 0 Å². The van der Waals surface area contributed by atoms with Gasteiger partial charge in [0.15, 0.2) is 0 Å². The summed E-state index contributed by atoms with van der Waals surface area (Å²) in [5, 5.41) is 12.7. The van der Waals surface area contributed by atoms with Crippen LogP contribution in [0, 0.1) is 5.92 Å². The minimum Gasteiger partial charge on any atom is -0.390 e. The van der Waals surface area contributed by atoms with Crippen LogP contribution in [0.4, 0.5) is 0 Å². The van der Waals surface area contributed by atoms with Crippen molar-refractivity contribution >= 4 is 27.3 Å². The highest BCUT2D eigenvalue weighted by atomic mass is 79.9. The van der Waals surface area contributed by atoms with Crippen molar-refractivity contribution in [1.29, 1.82) is 0 Å². The smallest absolute Gasteiger partial charge is 0.0942 e. The molecule has 1 aliphatic carbocycles. The van der Waals surface area contributed by atoms with E-state index in [1.165, 1.54) is 11.3 Å². The number of ether oxygens (including phenoxy) is 1. The van der Waals surface area contributed by atoms with Gasteiger partial charge in [0, 0.05) is 22.9 Å². The van der Waals surface area contributed by atoms with Crippen molar-refractivity contribution in [3.8, 4) is 0 Å². The van der Waals surface area contributed by atoms with Gasteiger partial charge in [0.05, 0.1) is 11.7 Å². The van der Waals surface area contributed by atoms with Gasteiger partial charge >= 0.3 is 0 Å². The molecule has 0 amide bonds. The Morgan fingerprint density at radius 1 is 1.67 bits per heavy atom. The summed E-state index contributed by atoms with van der Waals surface area (Å²) in [4.78, 5) is 1.21. The highest BCUT2D eigenvalue weighted by Crippen LogP contribution is 2.39. The molecule has 1 aromatic rings. The van der Waals surface area contributed by atoms with Gasteiger partial charge in [-0.1, -0.05) is 19.8 Å². The van der Waals surface area contributed by atoms with E-state index in [1.807, 2.05) is 6.07 Å². The zero-order chi connectivity index (χ0) is 13.2. The van der Waals surface area contributed by atoms with Gasteiger partial charge in [-0.05, 0) is 46.1 Å². The molecular weight excluding hydrogens is 312 g/mol. The summed E-state index contributed by atoms with van der Waals surface area (Å²) in [6.45, 7) is 2.25. The second kappa shape index (κ2) is 6.04. The third kappa shape index (κ3) is 2.98. The Kier molecular flexibility index (Phi) is 4.86. The summed E-state index contributed by atoms with van der Waals surface area (Å²) in [5.74, 6) is 0.639. The maximum absolute atomic E-state index is 10.6. The Labute approximate surface area is 121 Å². The molecule has 3 unspecified atom stereocenters. The number of hydrogen-bond donors (Lipinski definition) is 1. The van der Waals surface area contributed by atoms with Crippen LogP contribution >= 0.6 is 27.3 Å². The summed E-state index contributed by atoms with van der Waals surface area (Å²) in [5.41, 5.74) is -0.346. The van der Waals surface area contributed by atoms with Crippen LogP contribution in [0.3, 0.4) is 0 Å². The van der Waals surface area contributed by atoms with Gasteiger partial charge in [-0.2, -0.15) is 0 Å². The number of hydrogen-bond acceptors (Lipinski definition) is 3. The SMILES string of the molecule is COC1(C(O)Cc2sccc2Br)CCCC(C)C1. The van der Waals surface area contributed by atoms with Crippen molar-refractivity contribution in [3.05, 3.63) is 20.8 Å². The molecular formula is C14H21BrO2S. The maximum Gasteiger partial charge on any atom is 0.0942 e. The quantitative estimate of drug-likeness (QED) is 0.902. The van der Waals surface area contributed by atoms with Gasteiger partial charge in [-0.25, -0.2) is 0 Å². The first kappa shape index (κ1) is 14.5. The predicted octanol–water partition coefficient (Wildman–Crippen LogP) is 4.01. The van der Waals surface area contributed by atoms with Crippen molar-refractivity contribution in [2.24, 2.45) is 5.92 Å². The molecule has 0 aromatic carbocycles. The summed E-state index contributed by atoms with van der Waals surface area (Å²) in [6, 6.07) is 2.04. The van der Waals surface area contributed by atoms with E-state index in [9.17, 15) is 5.11 Å². The fourth-order valence-electron chi connectivity index (χ4n) is 3.00. The molecule has 0 radical (unpaired) electrons. The molecule has 18 heavy (non-hydrogen) atoms. The van der Waals surface area contributed by atoms with E-state index >= 15 is 0 Å². The average molecular weight is 333 g/mol. The summed E-state index contributed by atoms with van der Waals surface area (Å²) in [6.07, 6.45) is 4.60. The molecule has 102 valence electrons. The first-order valence-corrected chi connectivity index (χ1v) is 8.20. The van der Waals surface area contributed by atoms with E-state index in [1.54, 1.807) is 18.4 Å². The van der Waals surface area contributed by atoms with Crippen LogP contribution in [0.1, 0.15) is 37.5 Å². The number of methoxy groups -OCH3 is 1. The Morgan fingerprint density at radius 2 is 2.44 bits per heavy atom. The van der Waals surface area contributed by atoms with Crippen LogP contribution in [0.2, 0.25) is 0 Å².